The van der Waals surface area contributed by atoms with Gasteiger partial charge in [-0.1, -0.05) is 6.58 Å². The fourth-order valence-electron chi connectivity index (χ4n) is 0.174. The maximum absolute atomic E-state index is 10.2. The third-order valence-corrected chi connectivity index (χ3v) is 0.534. The van der Waals surface area contributed by atoms with Crippen molar-refractivity contribution in [3.63, 3.8) is 0 Å². The Hall–Kier alpha value is -0.691. The molecule has 0 unspecified atom stereocenters. The van der Waals surface area contributed by atoms with Crippen LogP contribution >= 0.6 is 0 Å². The Morgan fingerprint density at radius 3 is 2.00 bits per heavy atom. The van der Waals surface area contributed by atoms with Gasteiger partial charge < -0.3 is 4.74 Å². The fraction of sp³-hybridized carbons (Fsp3) is 0.333. The zero-order valence-corrected chi connectivity index (χ0v) is 6.89. The molecule has 0 N–H and O–H groups in total. The van der Waals surface area contributed by atoms with E-state index in [-0.39, 0.29) is 5.97 Å². The summed E-state index contributed by atoms with van der Waals surface area (Å²) in [5.41, 5.74) is 0.433. The number of esters is 1. The molecule has 0 heterocycles. The monoisotopic (exact) mass is 184 g/mol. The van der Waals surface area contributed by atoms with Crippen molar-refractivity contribution in [1.82, 2.24) is 0 Å². The summed E-state index contributed by atoms with van der Waals surface area (Å²) in [4.78, 5) is 20.0. The van der Waals surface area contributed by atoms with Crippen molar-refractivity contribution in [2.24, 2.45) is 0 Å². The van der Waals surface area contributed by atoms with Gasteiger partial charge in [-0.15, -0.1) is 0 Å². The number of carbonyl (C=O) groups excluding carboxylic acids is 2. The number of hydrogen-bond donors (Lipinski definition) is 0. The molecule has 0 aromatic carbocycles. The van der Waals surface area contributed by atoms with Crippen molar-refractivity contribution in [3.8, 4) is 0 Å². The van der Waals surface area contributed by atoms with Crippen LogP contribution in [-0.2, 0) is 29.9 Å². The molecule has 3 nitrogen and oxygen atoms in total. The van der Waals surface area contributed by atoms with Gasteiger partial charge in [-0.05, 0) is 6.92 Å². The Kier molecular flexibility index (Phi) is 10.00. The molecule has 0 fully saturated rings. The summed E-state index contributed by atoms with van der Waals surface area (Å²) in [6.07, 6.45) is 0. The second-order valence-corrected chi connectivity index (χ2v) is 1.57. The summed E-state index contributed by atoms with van der Waals surface area (Å²) in [6, 6.07) is 0. The van der Waals surface area contributed by atoms with Crippen molar-refractivity contribution in [1.29, 1.82) is 0 Å². The van der Waals surface area contributed by atoms with Crippen LogP contribution in [0.5, 0.6) is 0 Å². The third kappa shape index (κ3) is 10.3. The van der Waals surface area contributed by atoms with E-state index in [0.717, 1.165) is 0 Å². The second-order valence-electron chi connectivity index (χ2n) is 1.34. The summed E-state index contributed by atoms with van der Waals surface area (Å²) in [7, 11) is 1.33. The van der Waals surface area contributed by atoms with Crippen molar-refractivity contribution in [2.75, 3.05) is 7.11 Å². The van der Waals surface area contributed by atoms with Gasteiger partial charge in [-0.3, -0.25) is 0 Å². The maximum atomic E-state index is 10.2. The Morgan fingerprint density at radius 1 is 1.70 bits per heavy atom. The van der Waals surface area contributed by atoms with Crippen molar-refractivity contribution >= 4 is 10.8 Å². The number of ether oxygens (including phenoxy) is 1. The number of carbonyl (C=O) groups is 1. The van der Waals surface area contributed by atoms with Crippen LogP contribution in [0.15, 0.2) is 12.2 Å². The average molecular weight is 184 g/mol. The molecule has 0 aliphatic carbocycles. The SMILES string of the molecule is C=C(C)C(=O)OC.O=[C]=[Fe]. The molecule has 4 heteroatoms. The molecule has 0 aromatic rings. The van der Waals surface area contributed by atoms with Gasteiger partial charge in [0.1, 0.15) is 0 Å². The van der Waals surface area contributed by atoms with Gasteiger partial charge in [-0.2, -0.15) is 0 Å². The van der Waals surface area contributed by atoms with Crippen LogP contribution < -0.4 is 0 Å². The van der Waals surface area contributed by atoms with Gasteiger partial charge in [0.2, 0.25) is 0 Å². The molecule has 0 saturated carbocycles. The molecular weight excluding hydrogens is 176 g/mol. The van der Waals surface area contributed by atoms with E-state index >= 15 is 0 Å². The van der Waals surface area contributed by atoms with E-state index < -0.39 is 0 Å². The molecule has 0 spiro atoms. The van der Waals surface area contributed by atoms with Crippen LogP contribution in [0.1, 0.15) is 6.92 Å². The molecule has 0 aliphatic rings. The van der Waals surface area contributed by atoms with E-state index in [1.807, 2.05) is 0 Å². The second kappa shape index (κ2) is 8.31. The van der Waals surface area contributed by atoms with Crippen LogP contribution in [0.3, 0.4) is 0 Å². The number of rotatable bonds is 1. The van der Waals surface area contributed by atoms with E-state index in [1.54, 1.807) is 6.92 Å². The zero-order valence-electron chi connectivity index (χ0n) is 5.79. The standard InChI is InChI=1S/C5H8O2.CO.Fe/c1-4(2)5(6)7-3;1-2;/h1H2,2-3H3;;. The Bertz CT molecular complexity index is 156. The Morgan fingerprint density at radius 2 is 2.00 bits per heavy atom. The summed E-state index contributed by atoms with van der Waals surface area (Å²) < 4.78 is 4.27. The predicted octanol–water partition coefficient (Wildman–Crippen LogP) is 0.336. The first-order valence-electron chi connectivity index (χ1n) is 2.30. The van der Waals surface area contributed by atoms with Crippen LogP contribution in [0.4, 0.5) is 0 Å². The summed E-state index contributed by atoms with van der Waals surface area (Å²) >= 11 is 2.68. The molecule has 58 valence electrons. The molecule has 0 radical (unpaired) electrons. The predicted molar refractivity (Wildman–Crippen MR) is 32.5 cm³/mol. The molecule has 10 heavy (non-hydrogen) atoms. The average Bonchev–Trinajstić information content (AvgIpc) is 1.88. The van der Waals surface area contributed by atoms with Gasteiger partial charge in [0, 0.05) is 5.57 Å². The number of methoxy groups -OCH3 is 1. The van der Waals surface area contributed by atoms with Crippen molar-refractivity contribution < 1.29 is 29.9 Å². The summed E-state index contributed by atoms with van der Waals surface area (Å²) in [5.74, 6) is -0.347. The van der Waals surface area contributed by atoms with E-state index in [4.69, 9.17) is 4.79 Å². The zero-order chi connectivity index (χ0) is 8.57. The van der Waals surface area contributed by atoms with Crippen LogP contribution in [-0.4, -0.2) is 17.9 Å². The van der Waals surface area contributed by atoms with E-state index in [9.17, 15) is 4.79 Å². The molecule has 0 saturated heterocycles. The van der Waals surface area contributed by atoms with E-state index in [1.165, 1.54) is 11.9 Å². The molecule has 0 rings (SSSR count). The molecule has 0 aliphatic heterocycles. The quantitative estimate of drug-likeness (QED) is 0.335. The van der Waals surface area contributed by atoms with Gasteiger partial charge >= 0.3 is 31.1 Å². The first kappa shape index (κ1) is 12.0. The van der Waals surface area contributed by atoms with Crippen LogP contribution in [0, 0.1) is 0 Å². The minimum atomic E-state index is -0.347. The van der Waals surface area contributed by atoms with Crippen molar-refractivity contribution in [3.05, 3.63) is 12.2 Å². The Balaban J connectivity index is 0. The first-order valence-corrected chi connectivity index (χ1v) is 2.85. The van der Waals surface area contributed by atoms with E-state index in [0.29, 0.717) is 5.57 Å². The normalized spacial score (nSPS) is 6.30. The summed E-state index contributed by atoms with van der Waals surface area (Å²) in [6.45, 7) is 4.95. The van der Waals surface area contributed by atoms with Gasteiger partial charge in [0.05, 0.1) is 7.11 Å². The van der Waals surface area contributed by atoms with Crippen LogP contribution in [0.25, 0.3) is 0 Å². The molecule has 0 aromatic heterocycles. The topological polar surface area (TPSA) is 43.4 Å². The van der Waals surface area contributed by atoms with Crippen LogP contribution in [0.2, 0.25) is 0 Å². The molecule has 0 atom stereocenters. The van der Waals surface area contributed by atoms with Gasteiger partial charge in [0.15, 0.2) is 0 Å². The Labute approximate surface area is 67.4 Å². The molecule has 0 amide bonds. The minimum absolute atomic E-state index is 0.347. The molecule has 0 bridgehead atoms. The number of hydrogen-bond acceptors (Lipinski definition) is 3. The summed E-state index contributed by atoms with van der Waals surface area (Å²) in [5, 5.41) is 0. The van der Waals surface area contributed by atoms with E-state index in [2.05, 4.69) is 26.9 Å². The first-order chi connectivity index (χ1) is 4.59. The van der Waals surface area contributed by atoms with Crippen molar-refractivity contribution in [2.45, 2.75) is 6.92 Å². The molecular formula is C6H8FeO3. The fourth-order valence-corrected chi connectivity index (χ4v) is 0.174. The van der Waals surface area contributed by atoms with Gasteiger partial charge in [-0.25, -0.2) is 4.79 Å². The van der Waals surface area contributed by atoms with Gasteiger partial charge in [0.25, 0.3) is 0 Å². The third-order valence-electron chi connectivity index (χ3n) is 0.534.